The summed E-state index contributed by atoms with van der Waals surface area (Å²) in [7, 11) is 0. The summed E-state index contributed by atoms with van der Waals surface area (Å²) in [5.41, 5.74) is 3.35. The minimum absolute atomic E-state index is 0.0346. The molecule has 1 saturated heterocycles. The van der Waals surface area contributed by atoms with E-state index in [0.29, 0.717) is 41.9 Å². The molecule has 1 fully saturated rings. The van der Waals surface area contributed by atoms with Crippen LogP contribution in [0.2, 0.25) is 5.02 Å². The Labute approximate surface area is 179 Å². The summed E-state index contributed by atoms with van der Waals surface area (Å²) in [4.78, 5) is 26.9. The first-order chi connectivity index (χ1) is 13.7. The number of carbonyl (C=O) groups excluding carboxylic acids is 1. The molecule has 7 nitrogen and oxygen atoms in total. The van der Waals surface area contributed by atoms with Crippen molar-refractivity contribution in [2.75, 3.05) is 31.1 Å². The molecule has 1 aliphatic heterocycles. The van der Waals surface area contributed by atoms with Gasteiger partial charge in [-0.25, -0.2) is 0 Å². The van der Waals surface area contributed by atoms with Crippen molar-refractivity contribution in [3.8, 4) is 0 Å². The van der Waals surface area contributed by atoms with Gasteiger partial charge in [-0.05, 0) is 44.3 Å². The number of halogens is 1. The highest BCUT2D eigenvalue weighted by Gasteiger charge is 2.23. The van der Waals surface area contributed by atoms with Gasteiger partial charge in [-0.15, -0.1) is 0 Å². The first-order valence-electron chi connectivity index (χ1n) is 9.12. The number of benzene rings is 2. The molecule has 1 N–H and O–H groups in total. The smallest absolute Gasteiger partial charge is 0.271 e. The highest BCUT2D eigenvalue weighted by molar-refractivity contribution is 7.80. The average Bonchev–Trinajstić information content (AvgIpc) is 2.67. The number of rotatable bonds is 3. The molecule has 2 aromatic carbocycles. The lowest BCUT2D eigenvalue weighted by Crippen LogP contribution is -2.52. The van der Waals surface area contributed by atoms with Crippen LogP contribution in [0, 0.1) is 24.0 Å². The zero-order chi connectivity index (χ0) is 21.1. The van der Waals surface area contributed by atoms with Crippen LogP contribution < -0.4 is 10.2 Å². The molecule has 1 heterocycles. The van der Waals surface area contributed by atoms with Gasteiger partial charge in [-0.2, -0.15) is 0 Å². The quantitative estimate of drug-likeness (QED) is 0.452. The Morgan fingerprint density at radius 2 is 1.72 bits per heavy atom. The number of non-ortho nitro benzene ring substituents is 1. The molecule has 0 atom stereocenters. The number of hydrogen-bond acceptors (Lipinski definition) is 5. The van der Waals surface area contributed by atoms with E-state index in [0.717, 1.165) is 16.8 Å². The standard InChI is InChI=1S/C20H21ClN4O3S/c1-13-9-14(2)11-15(10-13)19(26)22-20(29)24-7-5-23(6-8-24)18-4-3-16(25(27)28)12-17(18)21/h3-4,9-12H,5-8H2,1-2H3,(H,22,26,29). The van der Waals surface area contributed by atoms with Gasteiger partial charge in [-0.1, -0.05) is 28.8 Å². The van der Waals surface area contributed by atoms with Crippen LogP contribution in [-0.2, 0) is 0 Å². The summed E-state index contributed by atoms with van der Waals surface area (Å²) < 4.78 is 0. The van der Waals surface area contributed by atoms with Gasteiger partial charge in [0.2, 0.25) is 0 Å². The van der Waals surface area contributed by atoms with Crippen molar-refractivity contribution in [2.24, 2.45) is 0 Å². The van der Waals surface area contributed by atoms with Crippen LogP contribution in [0.5, 0.6) is 0 Å². The molecule has 1 aliphatic rings. The summed E-state index contributed by atoms with van der Waals surface area (Å²) in [5, 5.41) is 14.4. The van der Waals surface area contributed by atoms with Crippen molar-refractivity contribution >= 4 is 46.2 Å². The van der Waals surface area contributed by atoms with E-state index in [9.17, 15) is 14.9 Å². The molecule has 1 amide bonds. The predicted octanol–water partition coefficient (Wildman–Crippen LogP) is 3.70. The number of nitrogens with one attached hydrogen (secondary N) is 1. The number of aryl methyl sites for hydroxylation is 2. The van der Waals surface area contributed by atoms with E-state index in [1.807, 2.05) is 36.9 Å². The maximum atomic E-state index is 12.5. The first kappa shape index (κ1) is 21.0. The molecule has 0 aliphatic carbocycles. The topological polar surface area (TPSA) is 78.7 Å². The first-order valence-corrected chi connectivity index (χ1v) is 9.90. The van der Waals surface area contributed by atoms with Crippen molar-refractivity contribution in [3.63, 3.8) is 0 Å². The van der Waals surface area contributed by atoms with E-state index in [1.54, 1.807) is 6.07 Å². The maximum Gasteiger partial charge on any atom is 0.271 e. The number of nitro groups is 1. The Morgan fingerprint density at radius 3 is 2.28 bits per heavy atom. The fraction of sp³-hybridized carbons (Fsp3) is 0.300. The minimum atomic E-state index is -0.468. The monoisotopic (exact) mass is 432 g/mol. The predicted molar refractivity (Wildman–Crippen MR) is 118 cm³/mol. The Kier molecular flexibility index (Phi) is 6.34. The number of thiocarbonyl (C=S) groups is 1. The third-order valence-electron chi connectivity index (χ3n) is 4.75. The number of piperazine rings is 1. The van der Waals surface area contributed by atoms with Gasteiger partial charge in [0.1, 0.15) is 0 Å². The second-order valence-corrected chi connectivity index (χ2v) is 7.80. The van der Waals surface area contributed by atoms with E-state index in [2.05, 4.69) is 10.2 Å². The van der Waals surface area contributed by atoms with Crippen molar-refractivity contribution in [2.45, 2.75) is 13.8 Å². The second-order valence-electron chi connectivity index (χ2n) is 7.00. The molecule has 0 aromatic heterocycles. The molecular formula is C20H21ClN4O3S. The van der Waals surface area contributed by atoms with Crippen LogP contribution >= 0.6 is 23.8 Å². The average molecular weight is 433 g/mol. The normalized spacial score (nSPS) is 13.9. The molecule has 152 valence electrons. The van der Waals surface area contributed by atoms with E-state index in [4.69, 9.17) is 23.8 Å². The zero-order valence-electron chi connectivity index (χ0n) is 16.1. The minimum Gasteiger partial charge on any atom is -0.367 e. The number of amides is 1. The number of carbonyl (C=O) groups is 1. The van der Waals surface area contributed by atoms with Gasteiger partial charge in [0.15, 0.2) is 5.11 Å². The Morgan fingerprint density at radius 1 is 1.10 bits per heavy atom. The summed E-state index contributed by atoms with van der Waals surface area (Å²) in [5.74, 6) is -0.220. The maximum absolute atomic E-state index is 12.5. The Bertz CT molecular complexity index is 954. The van der Waals surface area contributed by atoms with Crippen LogP contribution in [-0.4, -0.2) is 47.0 Å². The summed E-state index contributed by atoms with van der Waals surface area (Å²) in [6, 6.07) is 10.1. The lowest BCUT2D eigenvalue weighted by molar-refractivity contribution is -0.384. The zero-order valence-corrected chi connectivity index (χ0v) is 17.7. The van der Waals surface area contributed by atoms with E-state index in [1.165, 1.54) is 12.1 Å². The van der Waals surface area contributed by atoms with Gasteiger partial charge in [0.05, 0.1) is 15.6 Å². The molecule has 9 heteroatoms. The molecule has 0 radical (unpaired) electrons. The van der Waals surface area contributed by atoms with Gasteiger partial charge < -0.3 is 9.80 Å². The number of nitrogens with zero attached hydrogens (tertiary/aromatic N) is 3. The largest absolute Gasteiger partial charge is 0.367 e. The van der Waals surface area contributed by atoms with E-state index < -0.39 is 4.92 Å². The van der Waals surface area contributed by atoms with Crippen LogP contribution in [0.3, 0.4) is 0 Å². The van der Waals surface area contributed by atoms with Gasteiger partial charge >= 0.3 is 0 Å². The fourth-order valence-electron chi connectivity index (χ4n) is 3.37. The molecule has 0 bridgehead atoms. The third kappa shape index (κ3) is 5.02. The lowest BCUT2D eigenvalue weighted by atomic mass is 10.1. The lowest BCUT2D eigenvalue weighted by Gasteiger charge is -2.37. The second kappa shape index (κ2) is 8.75. The number of anilines is 1. The molecule has 2 aromatic rings. The summed E-state index contributed by atoms with van der Waals surface area (Å²) in [6.45, 7) is 6.39. The molecule has 3 rings (SSSR count). The molecule has 29 heavy (non-hydrogen) atoms. The van der Waals surface area contributed by atoms with Crippen molar-refractivity contribution < 1.29 is 9.72 Å². The van der Waals surface area contributed by atoms with Crippen LogP contribution in [0.4, 0.5) is 11.4 Å². The van der Waals surface area contributed by atoms with E-state index >= 15 is 0 Å². The van der Waals surface area contributed by atoms with E-state index in [-0.39, 0.29) is 11.6 Å². The van der Waals surface area contributed by atoms with Gasteiger partial charge in [0.25, 0.3) is 11.6 Å². The Balaban J connectivity index is 1.59. The molecule has 0 unspecified atom stereocenters. The number of hydrogen-bond donors (Lipinski definition) is 1. The SMILES string of the molecule is Cc1cc(C)cc(C(=O)NC(=S)N2CCN(c3ccc([N+](=O)[O-])cc3Cl)CC2)c1. The third-order valence-corrected chi connectivity index (χ3v) is 5.42. The molecule has 0 saturated carbocycles. The van der Waals surface area contributed by atoms with Crippen LogP contribution in [0.1, 0.15) is 21.5 Å². The highest BCUT2D eigenvalue weighted by Crippen LogP contribution is 2.30. The van der Waals surface area contributed by atoms with Crippen molar-refractivity contribution in [3.05, 3.63) is 68.2 Å². The molecule has 0 spiro atoms. The van der Waals surface area contributed by atoms with Crippen molar-refractivity contribution in [1.29, 1.82) is 0 Å². The van der Waals surface area contributed by atoms with Crippen LogP contribution in [0.25, 0.3) is 0 Å². The molecular weight excluding hydrogens is 412 g/mol. The Hall–Kier alpha value is -2.71. The fourth-order valence-corrected chi connectivity index (χ4v) is 3.94. The highest BCUT2D eigenvalue weighted by atomic mass is 35.5. The van der Waals surface area contributed by atoms with Crippen molar-refractivity contribution in [1.82, 2.24) is 10.2 Å². The van der Waals surface area contributed by atoms with Gasteiger partial charge in [0, 0.05) is 43.9 Å². The summed E-state index contributed by atoms with van der Waals surface area (Å²) in [6.07, 6.45) is 0. The number of nitro benzene ring substituents is 1. The van der Waals surface area contributed by atoms with Gasteiger partial charge in [-0.3, -0.25) is 20.2 Å². The summed E-state index contributed by atoms with van der Waals surface area (Å²) >= 11 is 11.6. The van der Waals surface area contributed by atoms with Crippen LogP contribution in [0.15, 0.2) is 36.4 Å².